The van der Waals surface area contributed by atoms with E-state index in [1.807, 2.05) is 31.2 Å². The lowest BCUT2D eigenvalue weighted by Crippen LogP contribution is -2.22. The number of allylic oxidation sites excluding steroid dienone is 1. The molecule has 2 rings (SSSR count). The first-order chi connectivity index (χ1) is 10.8. The topological polar surface area (TPSA) is 54.5 Å². The van der Waals surface area contributed by atoms with Gasteiger partial charge in [0.15, 0.2) is 5.78 Å². The Morgan fingerprint density at radius 1 is 1.04 bits per heavy atom. The molecule has 0 unspecified atom stereocenters. The van der Waals surface area contributed by atoms with Gasteiger partial charge in [-0.25, -0.2) is 12.7 Å². The van der Waals surface area contributed by atoms with Crippen LogP contribution < -0.4 is 0 Å². The minimum Gasteiger partial charge on any atom is -0.289 e. The Morgan fingerprint density at radius 2 is 1.74 bits per heavy atom. The van der Waals surface area contributed by atoms with Crippen LogP contribution in [0.2, 0.25) is 0 Å². The lowest BCUT2D eigenvalue weighted by Gasteiger charge is -2.11. The van der Waals surface area contributed by atoms with Gasteiger partial charge >= 0.3 is 0 Å². The molecule has 0 bridgehead atoms. The summed E-state index contributed by atoms with van der Waals surface area (Å²) >= 11 is 0. The smallest absolute Gasteiger partial charge is 0.242 e. The average molecular weight is 329 g/mol. The number of hydrogen-bond donors (Lipinski definition) is 0. The second kappa shape index (κ2) is 6.89. The zero-order valence-electron chi connectivity index (χ0n) is 13.4. The predicted octanol–water partition coefficient (Wildman–Crippen LogP) is 3.14. The minimum absolute atomic E-state index is 0.109. The first-order valence-electron chi connectivity index (χ1n) is 7.12. The number of aryl methyl sites for hydroxylation is 1. The summed E-state index contributed by atoms with van der Waals surface area (Å²) in [5.74, 6) is -0.234. The Labute approximate surface area is 137 Å². The summed E-state index contributed by atoms with van der Waals surface area (Å²) in [5, 5.41) is 0. The maximum absolute atomic E-state index is 12.3. The molecule has 120 valence electrons. The van der Waals surface area contributed by atoms with Crippen molar-refractivity contribution in [2.75, 3.05) is 14.1 Å². The first-order valence-corrected chi connectivity index (χ1v) is 8.56. The molecule has 0 radical (unpaired) electrons. The Hall–Kier alpha value is -2.24. The van der Waals surface area contributed by atoms with E-state index in [4.69, 9.17) is 0 Å². The van der Waals surface area contributed by atoms with Crippen molar-refractivity contribution >= 4 is 21.9 Å². The maximum Gasteiger partial charge on any atom is 0.242 e. The molecule has 5 heteroatoms. The van der Waals surface area contributed by atoms with Gasteiger partial charge in [0.1, 0.15) is 0 Å². The van der Waals surface area contributed by atoms with Crippen LogP contribution in [0.25, 0.3) is 6.08 Å². The van der Waals surface area contributed by atoms with Crippen molar-refractivity contribution in [3.8, 4) is 0 Å². The number of carbonyl (C=O) groups is 1. The molecule has 2 aromatic carbocycles. The third-order valence-electron chi connectivity index (χ3n) is 3.37. The summed E-state index contributed by atoms with van der Waals surface area (Å²) in [6.07, 6.45) is 3.18. The van der Waals surface area contributed by atoms with Crippen LogP contribution in [-0.2, 0) is 10.0 Å². The van der Waals surface area contributed by atoms with Gasteiger partial charge in [-0.2, -0.15) is 0 Å². The highest BCUT2D eigenvalue weighted by molar-refractivity contribution is 7.89. The molecule has 0 aliphatic rings. The molecule has 2 aromatic rings. The number of ketones is 1. The van der Waals surface area contributed by atoms with Gasteiger partial charge in [-0.15, -0.1) is 0 Å². The van der Waals surface area contributed by atoms with E-state index in [0.717, 1.165) is 15.4 Å². The van der Waals surface area contributed by atoms with Crippen LogP contribution in [0.15, 0.2) is 59.5 Å². The van der Waals surface area contributed by atoms with Gasteiger partial charge in [0.25, 0.3) is 0 Å². The van der Waals surface area contributed by atoms with E-state index < -0.39 is 10.0 Å². The lowest BCUT2D eigenvalue weighted by atomic mass is 10.1. The van der Waals surface area contributed by atoms with Crippen LogP contribution >= 0.6 is 0 Å². The molecule has 23 heavy (non-hydrogen) atoms. The average Bonchev–Trinajstić information content (AvgIpc) is 2.52. The van der Waals surface area contributed by atoms with E-state index in [0.29, 0.717) is 5.56 Å². The van der Waals surface area contributed by atoms with Crippen molar-refractivity contribution in [1.29, 1.82) is 0 Å². The molecule has 0 aliphatic heterocycles. The predicted molar refractivity (Wildman–Crippen MR) is 91.9 cm³/mol. The molecule has 0 amide bonds. The fraction of sp³-hybridized carbons (Fsp3) is 0.167. The largest absolute Gasteiger partial charge is 0.289 e. The number of sulfonamides is 1. The van der Waals surface area contributed by atoms with E-state index in [1.165, 1.54) is 32.3 Å². The van der Waals surface area contributed by atoms with Crippen molar-refractivity contribution in [2.24, 2.45) is 0 Å². The number of benzene rings is 2. The number of hydrogen-bond acceptors (Lipinski definition) is 3. The van der Waals surface area contributed by atoms with Gasteiger partial charge in [0.05, 0.1) is 4.90 Å². The van der Waals surface area contributed by atoms with E-state index >= 15 is 0 Å². The summed E-state index contributed by atoms with van der Waals surface area (Å²) in [6.45, 7) is 1.98. The molecule has 0 heterocycles. The second-order valence-electron chi connectivity index (χ2n) is 5.43. The Morgan fingerprint density at radius 3 is 2.39 bits per heavy atom. The van der Waals surface area contributed by atoms with Crippen molar-refractivity contribution in [3.05, 3.63) is 71.3 Å². The fourth-order valence-corrected chi connectivity index (χ4v) is 3.01. The molecule has 0 spiro atoms. The Bertz CT molecular complexity index is 852. The zero-order chi connectivity index (χ0) is 17.0. The van der Waals surface area contributed by atoms with Crippen LogP contribution in [0, 0.1) is 6.92 Å². The van der Waals surface area contributed by atoms with Gasteiger partial charge in [-0.05, 0) is 30.7 Å². The third-order valence-corrected chi connectivity index (χ3v) is 5.18. The molecule has 0 N–H and O–H groups in total. The standard InChI is InChI=1S/C18H19NO3S/c1-14-6-4-7-15(12-14)10-11-18(20)16-8-5-9-17(13-16)23(21,22)19(2)3/h4-13H,1-3H3/b11-10+. The van der Waals surface area contributed by atoms with Crippen molar-refractivity contribution in [3.63, 3.8) is 0 Å². The summed E-state index contributed by atoms with van der Waals surface area (Å²) in [4.78, 5) is 12.4. The van der Waals surface area contributed by atoms with Crippen molar-refractivity contribution in [2.45, 2.75) is 11.8 Å². The summed E-state index contributed by atoms with van der Waals surface area (Å²) in [6, 6.07) is 13.8. The molecular formula is C18H19NO3S. The zero-order valence-corrected chi connectivity index (χ0v) is 14.2. The molecule has 0 saturated heterocycles. The maximum atomic E-state index is 12.3. The highest BCUT2D eigenvalue weighted by atomic mass is 32.2. The molecule has 0 saturated carbocycles. The molecule has 4 nitrogen and oxygen atoms in total. The lowest BCUT2D eigenvalue weighted by molar-refractivity contribution is 0.104. The number of carbonyl (C=O) groups excluding carboxylic acids is 1. The SMILES string of the molecule is Cc1cccc(/C=C/C(=O)c2cccc(S(=O)(=O)N(C)C)c2)c1. The van der Waals surface area contributed by atoms with Gasteiger partial charge in [0, 0.05) is 19.7 Å². The van der Waals surface area contributed by atoms with E-state index in [2.05, 4.69) is 0 Å². The summed E-state index contributed by atoms with van der Waals surface area (Å²) < 4.78 is 25.4. The fourth-order valence-electron chi connectivity index (χ4n) is 2.06. The summed E-state index contributed by atoms with van der Waals surface area (Å²) in [5.41, 5.74) is 2.38. The van der Waals surface area contributed by atoms with E-state index in [9.17, 15) is 13.2 Å². The molecular weight excluding hydrogens is 310 g/mol. The van der Waals surface area contributed by atoms with Crippen LogP contribution in [0.4, 0.5) is 0 Å². The van der Waals surface area contributed by atoms with Crippen LogP contribution in [-0.4, -0.2) is 32.6 Å². The highest BCUT2D eigenvalue weighted by Crippen LogP contribution is 2.16. The van der Waals surface area contributed by atoms with Gasteiger partial charge < -0.3 is 0 Å². The number of nitrogens with zero attached hydrogens (tertiary/aromatic N) is 1. The quantitative estimate of drug-likeness (QED) is 0.625. The normalized spacial score (nSPS) is 12.0. The first kappa shape index (κ1) is 17.1. The molecule has 0 aromatic heterocycles. The minimum atomic E-state index is -3.55. The van der Waals surface area contributed by atoms with Gasteiger partial charge in [0.2, 0.25) is 10.0 Å². The van der Waals surface area contributed by atoms with E-state index in [-0.39, 0.29) is 10.7 Å². The van der Waals surface area contributed by atoms with Crippen molar-refractivity contribution in [1.82, 2.24) is 4.31 Å². The van der Waals surface area contributed by atoms with Crippen LogP contribution in [0.1, 0.15) is 21.5 Å². The van der Waals surface area contributed by atoms with Gasteiger partial charge in [-0.1, -0.05) is 48.0 Å². The monoisotopic (exact) mass is 329 g/mol. The third kappa shape index (κ3) is 4.15. The molecule has 0 fully saturated rings. The van der Waals surface area contributed by atoms with Crippen molar-refractivity contribution < 1.29 is 13.2 Å². The second-order valence-corrected chi connectivity index (χ2v) is 7.58. The molecule has 0 aliphatic carbocycles. The van der Waals surface area contributed by atoms with Crippen LogP contribution in [0.5, 0.6) is 0 Å². The Balaban J connectivity index is 2.27. The summed E-state index contributed by atoms with van der Waals surface area (Å²) in [7, 11) is -0.629. The molecule has 0 atom stereocenters. The Kier molecular flexibility index (Phi) is 5.13. The number of rotatable bonds is 5. The van der Waals surface area contributed by atoms with E-state index in [1.54, 1.807) is 18.2 Å². The highest BCUT2D eigenvalue weighted by Gasteiger charge is 2.18. The van der Waals surface area contributed by atoms with Crippen LogP contribution in [0.3, 0.4) is 0 Å². The van der Waals surface area contributed by atoms with Gasteiger partial charge in [-0.3, -0.25) is 4.79 Å².